The number of nitrogens with one attached hydrogen (secondary N) is 1. The quantitative estimate of drug-likeness (QED) is 0.770. The molecule has 0 saturated carbocycles. The third-order valence-electron chi connectivity index (χ3n) is 3.49. The van der Waals surface area contributed by atoms with Crippen LogP contribution < -0.4 is 5.32 Å². The molecule has 1 aromatic carbocycles. The van der Waals surface area contributed by atoms with Gasteiger partial charge in [-0.3, -0.25) is 9.59 Å². The van der Waals surface area contributed by atoms with Gasteiger partial charge in [-0.1, -0.05) is 18.2 Å². The average molecular weight is 355 g/mol. The van der Waals surface area contributed by atoms with Gasteiger partial charge in [0.05, 0.1) is 16.5 Å². The van der Waals surface area contributed by atoms with Crippen molar-refractivity contribution in [1.29, 1.82) is 0 Å². The number of hydrogen-bond acceptors (Lipinski definition) is 3. The fraction of sp³-hybridized carbons (Fsp3) is 0.294. The number of Topliss-reactive ketones (excluding diaryl/α,β-unsaturated/α-hetero) is 1. The zero-order valence-electron chi connectivity index (χ0n) is 12.9. The summed E-state index contributed by atoms with van der Waals surface area (Å²) in [6, 6.07) is 7.68. The number of carbonyl (C=O) groups excluding carboxylic acids is 2. The number of rotatable bonds is 6. The Morgan fingerprint density at radius 2 is 1.79 bits per heavy atom. The molecule has 0 saturated heterocycles. The molecule has 2 rings (SSSR count). The Balaban J connectivity index is 1.86. The fourth-order valence-corrected chi connectivity index (χ4v) is 2.84. The van der Waals surface area contributed by atoms with Crippen LogP contribution in [-0.2, 0) is 11.0 Å². The monoisotopic (exact) mass is 355 g/mol. The highest BCUT2D eigenvalue weighted by Gasteiger charge is 2.30. The van der Waals surface area contributed by atoms with Gasteiger partial charge in [-0.15, -0.1) is 11.3 Å². The van der Waals surface area contributed by atoms with Crippen molar-refractivity contribution in [3.8, 4) is 0 Å². The van der Waals surface area contributed by atoms with Crippen molar-refractivity contribution < 1.29 is 22.8 Å². The molecule has 0 bridgehead atoms. The summed E-state index contributed by atoms with van der Waals surface area (Å²) < 4.78 is 37.6. The first-order chi connectivity index (χ1) is 11.3. The van der Waals surface area contributed by atoms with Crippen molar-refractivity contribution in [3.63, 3.8) is 0 Å². The van der Waals surface area contributed by atoms with Gasteiger partial charge in [-0.25, -0.2) is 0 Å². The minimum absolute atomic E-state index is 0.0434. The Morgan fingerprint density at radius 1 is 1.12 bits per heavy atom. The second kappa shape index (κ2) is 7.61. The van der Waals surface area contributed by atoms with Crippen LogP contribution in [0.1, 0.15) is 46.6 Å². The van der Waals surface area contributed by atoms with Crippen molar-refractivity contribution in [1.82, 2.24) is 5.32 Å². The van der Waals surface area contributed by atoms with E-state index >= 15 is 0 Å². The molecule has 3 nitrogen and oxygen atoms in total. The number of benzene rings is 1. The number of ketones is 1. The molecule has 1 aromatic heterocycles. The Kier molecular flexibility index (Phi) is 5.77. The van der Waals surface area contributed by atoms with Crippen LogP contribution in [0.2, 0.25) is 0 Å². The van der Waals surface area contributed by atoms with E-state index in [1.54, 1.807) is 24.4 Å². The standard InChI is InChI=1S/C17H16F3NO2S/c1-11(12-4-6-13(7-5-12)17(18,19)20)21-16(23)9-8-14(22)15-3-2-10-24-15/h2-7,10-11H,8-9H2,1H3,(H,21,23)/t11-/m1/s1. The topological polar surface area (TPSA) is 46.2 Å². The van der Waals surface area contributed by atoms with E-state index in [2.05, 4.69) is 5.32 Å². The maximum Gasteiger partial charge on any atom is 0.416 e. The zero-order valence-corrected chi connectivity index (χ0v) is 13.7. The smallest absolute Gasteiger partial charge is 0.350 e. The van der Waals surface area contributed by atoms with Gasteiger partial charge in [0.25, 0.3) is 0 Å². The largest absolute Gasteiger partial charge is 0.416 e. The molecular formula is C17H16F3NO2S. The minimum Gasteiger partial charge on any atom is -0.350 e. The van der Waals surface area contributed by atoms with E-state index < -0.39 is 17.8 Å². The maximum absolute atomic E-state index is 12.5. The number of alkyl halides is 3. The second-order valence-electron chi connectivity index (χ2n) is 5.31. The van der Waals surface area contributed by atoms with Gasteiger partial charge in [0, 0.05) is 12.8 Å². The number of halogens is 3. The van der Waals surface area contributed by atoms with Crippen LogP contribution in [0.15, 0.2) is 41.8 Å². The molecule has 1 atom stereocenters. The Morgan fingerprint density at radius 3 is 2.33 bits per heavy atom. The molecule has 0 fully saturated rings. The van der Waals surface area contributed by atoms with Crippen LogP contribution in [0.25, 0.3) is 0 Å². The first kappa shape index (κ1) is 18.2. The van der Waals surface area contributed by atoms with Gasteiger partial charge in [0.2, 0.25) is 5.91 Å². The van der Waals surface area contributed by atoms with E-state index in [0.717, 1.165) is 12.1 Å². The lowest BCUT2D eigenvalue weighted by Gasteiger charge is -2.15. The van der Waals surface area contributed by atoms with Crippen molar-refractivity contribution in [2.45, 2.75) is 32.0 Å². The number of hydrogen-bond donors (Lipinski definition) is 1. The number of thiophene rings is 1. The summed E-state index contributed by atoms with van der Waals surface area (Å²) in [7, 11) is 0. The highest BCUT2D eigenvalue weighted by molar-refractivity contribution is 7.12. The predicted octanol–water partition coefficient (Wildman–Crippen LogP) is 4.61. The first-order valence-electron chi connectivity index (χ1n) is 7.30. The molecule has 1 N–H and O–H groups in total. The van der Waals surface area contributed by atoms with E-state index in [9.17, 15) is 22.8 Å². The van der Waals surface area contributed by atoms with Crippen molar-refractivity contribution in [2.24, 2.45) is 0 Å². The molecule has 0 aliphatic carbocycles. The van der Waals surface area contributed by atoms with Crippen molar-refractivity contribution in [3.05, 3.63) is 57.8 Å². The zero-order chi connectivity index (χ0) is 17.7. The molecule has 128 valence electrons. The van der Waals surface area contributed by atoms with E-state index in [4.69, 9.17) is 0 Å². The summed E-state index contributed by atoms with van der Waals surface area (Å²) in [4.78, 5) is 24.3. The van der Waals surface area contributed by atoms with Crippen molar-refractivity contribution in [2.75, 3.05) is 0 Å². The van der Waals surface area contributed by atoms with Gasteiger partial charge in [-0.2, -0.15) is 13.2 Å². The third kappa shape index (κ3) is 4.92. The van der Waals surface area contributed by atoms with Gasteiger partial charge in [0.1, 0.15) is 0 Å². The molecule has 0 spiro atoms. The van der Waals surface area contributed by atoms with E-state index in [1.807, 2.05) is 0 Å². The normalized spacial score (nSPS) is 12.7. The van der Waals surface area contributed by atoms with Crippen molar-refractivity contribution >= 4 is 23.0 Å². The summed E-state index contributed by atoms with van der Waals surface area (Å²) in [5.41, 5.74) is -0.160. The summed E-state index contributed by atoms with van der Waals surface area (Å²) in [6.45, 7) is 1.68. The van der Waals surface area contributed by atoms with E-state index in [-0.39, 0.29) is 24.5 Å². The molecule has 0 aliphatic rings. The van der Waals surface area contributed by atoms with Gasteiger partial charge < -0.3 is 5.32 Å². The predicted molar refractivity (Wildman–Crippen MR) is 85.9 cm³/mol. The molecular weight excluding hydrogens is 339 g/mol. The second-order valence-corrected chi connectivity index (χ2v) is 6.26. The summed E-state index contributed by atoms with van der Waals surface area (Å²) in [5.74, 6) is -0.408. The van der Waals surface area contributed by atoms with Crippen LogP contribution in [0, 0.1) is 0 Å². The summed E-state index contributed by atoms with van der Waals surface area (Å²) in [5, 5.41) is 4.48. The highest BCUT2D eigenvalue weighted by atomic mass is 32.1. The molecule has 0 aliphatic heterocycles. The first-order valence-corrected chi connectivity index (χ1v) is 8.18. The lowest BCUT2D eigenvalue weighted by Crippen LogP contribution is -2.27. The SMILES string of the molecule is C[C@@H](NC(=O)CCC(=O)c1cccs1)c1ccc(C(F)(F)F)cc1. The summed E-state index contributed by atoms with van der Waals surface area (Å²) >= 11 is 1.32. The minimum atomic E-state index is -4.38. The molecule has 2 aromatic rings. The summed E-state index contributed by atoms with van der Waals surface area (Å²) in [6.07, 6.45) is -4.24. The van der Waals surface area contributed by atoms with Gasteiger partial charge in [0.15, 0.2) is 5.78 Å². The molecule has 0 radical (unpaired) electrons. The van der Waals surface area contributed by atoms with Crippen LogP contribution in [-0.4, -0.2) is 11.7 Å². The third-order valence-corrected chi connectivity index (χ3v) is 4.40. The average Bonchev–Trinajstić information content (AvgIpc) is 3.06. The maximum atomic E-state index is 12.5. The molecule has 1 heterocycles. The van der Waals surface area contributed by atoms with Gasteiger partial charge in [-0.05, 0) is 36.1 Å². The van der Waals surface area contributed by atoms with E-state index in [0.29, 0.717) is 10.4 Å². The molecule has 1 amide bonds. The lowest BCUT2D eigenvalue weighted by atomic mass is 10.1. The van der Waals surface area contributed by atoms with Crippen LogP contribution >= 0.6 is 11.3 Å². The van der Waals surface area contributed by atoms with Crippen LogP contribution in [0.5, 0.6) is 0 Å². The number of amides is 1. The van der Waals surface area contributed by atoms with Crippen LogP contribution in [0.4, 0.5) is 13.2 Å². The molecule has 0 unspecified atom stereocenters. The Hall–Kier alpha value is -2.15. The van der Waals surface area contributed by atoms with E-state index in [1.165, 1.54) is 23.5 Å². The van der Waals surface area contributed by atoms with Gasteiger partial charge >= 0.3 is 6.18 Å². The molecule has 7 heteroatoms. The molecule has 24 heavy (non-hydrogen) atoms. The highest BCUT2D eigenvalue weighted by Crippen LogP contribution is 2.29. The Bertz CT molecular complexity index is 694. The Labute approximate surface area is 141 Å². The van der Waals surface area contributed by atoms with Crippen LogP contribution in [0.3, 0.4) is 0 Å². The number of carbonyl (C=O) groups is 2. The fourth-order valence-electron chi connectivity index (χ4n) is 2.15. The lowest BCUT2D eigenvalue weighted by molar-refractivity contribution is -0.137.